The molecule has 0 bridgehead atoms. The van der Waals surface area contributed by atoms with Gasteiger partial charge in [0.05, 0.1) is 0 Å². The third kappa shape index (κ3) is 3.74. The van der Waals surface area contributed by atoms with Gasteiger partial charge in [0.15, 0.2) is 18.1 Å². The lowest BCUT2D eigenvalue weighted by atomic mass is 10.1. The molecule has 0 unspecified atom stereocenters. The summed E-state index contributed by atoms with van der Waals surface area (Å²) in [6.45, 7) is 4.98. The van der Waals surface area contributed by atoms with Crippen LogP contribution in [0.5, 0.6) is 17.2 Å². The number of fused-ring (bicyclic) bond motifs is 1. The maximum atomic E-state index is 12.0. The minimum Gasteiger partial charge on any atom is -0.486 e. The van der Waals surface area contributed by atoms with Gasteiger partial charge in [-0.2, -0.15) is 0 Å². The molecule has 0 spiro atoms. The van der Waals surface area contributed by atoms with Crippen molar-refractivity contribution in [1.29, 1.82) is 0 Å². The summed E-state index contributed by atoms with van der Waals surface area (Å²) >= 11 is 0. The number of nitrogens with one attached hydrogen (secondary N) is 1. The van der Waals surface area contributed by atoms with Gasteiger partial charge in [-0.05, 0) is 37.6 Å². The fraction of sp³-hybridized carbons (Fsp3) is 0.278. The molecule has 0 atom stereocenters. The Bertz CT molecular complexity index is 727. The van der Waals surface area contributed by atoms with Crippen molar-refractivity contribution in [3.8, 4) is 17.2 Å². The van der Waals surface area contributed by atoms with Crippen molar-refractivity contribution >= 4 is 11.6 Å². The van der Waals surface area contributed by atoms with Gasteiger partial charge in [-0.25, -0.2) is 0 Å². The summed E-state index contributed by atoms with van der Waals surface area (Å²) in [5.74, 6) is 1.71. The van der Waals surface area contributed by atoms with Crippen LogP contribution in [0.3, 0.4) is 0 Å². The molecule has 1 heterocycles. The second kappa shape index (κ2) is 6.60. The first-order valence-corrected chi connectivity index (χ1v) is 7.51. The van der Waals surface area contributed by atoms with Crippen LogP contribution in [0.15, 0.2) is 36.4 Å². The van der Waals surface area contributed by atoms with E-state index in [9.17, 15) is 4.79 Å². The van der Waals surface area contributed by atoms with E-state index in [0.29, 0.717) is 30.5 Å². The molecule has 5 nitrogen and oxygen atoms in total. The lowest BCUT2D eigenvalue weighted by Gasteiger charge is -2.18. The fourth-order valence-electron chi connectivity index (χ4n) is 2.40. The molecule has 1 N–H and O–H groups in total. The monoisotopic (exact) mass is 313 g/mol. The first-order chi connectivity index (χ1) is 11.1. The molecule has 2 aromatic rings. The molecule has 1 amide bonds. The van der Waals surface area contributed by atoms with Gasteiger partial charge < -0.3 is 19.5 Å². The van der Waals surface area contributed by atoms with Crippen LogP contribution in [0.25, 0.3) is 0 Å². The molecule has 2 aromatic carbocycles. The van der Waals surface area contributed by atoms with Gasteiger partial charge in [-0.1, -0.05) is 17.7 Å². The van der Waals surface area contributed by atoms with Crippen molar-refractivity contribution in [3.05, 3.63) is 47.5 Å². The van der Waals surface area contributed by atoms with Gasteiger partial charge >= 0.3 is 0 Å². The fourth-order valence-corrected chi connectivity index (χ4v) is 2.40. The Labute approximate surface area is 135 Å². The van der Waals surface area contributed by atoms with E-state index in [2.05, 4.69) is 5.32 Å². The lowest BCUT2D eigenvalue weighted by Crippen LogP contribution is -2.21. The molecule has 0 saturated carbocycles. The number of hydrogen-bond donors (Lipinski definition) is 1. The molecule has 0 saturated heterocycles. The van der Waals surface area contributed by atoms with Crippen molar-refractivity contribution in [2.45, 2.75) is 13.8 Å². The average molecular weight is 313 g/mol. The van der Waals surface area contributed by atoms with Crippen LogP contribution in [0.2, 0.25) is 0 Å². The van der Waals surface area contributed by atoms with E-state index in [-0.39, 0.29) is 12.5 Å². The number of amides is 1. The number of ether oxygens (including phenoxy) is 3. The van der Waals surface area contributed by atoms with Gasteiger partial charge in [0.2, 0.25) is 0 Å². The largest absolute Gasteiger partial charge is 0.486 e. The van der Waals surface area contributed by atoms with Gasteiger partial charge in [0.25, 0.3) is 5.91 Å². The zero-order valence-corrected chi connectivity index (χ0v) is 13.2. The van der Waals surface area contributed by atoms with E-state index in [1.165, 1.54) is 0 Å². The second-order valence-corrected chi connectivity index (χ2v) is 5.46. The maximum Gasteiger partial charge on any atom is 0.262 e. The first-order valence-electron chi connectivity index (χ1n) is 7.51. The van der Waals surface area contributed by atoms with Crippen LogP contribution in [0.1, 0.15) is 11.1 Å². The number of benzene rings is 2. The van der Waals surface area contributed by atoms with E-state index in [1.54, 1.807) is 18.2 Å². The molecule has 0 aromatic heterocycles. The zero-order valence-electron chi connectivity index (χ0n) is 13.2. The van der Waals surface area contributed by atoms with Crippen molar-refractivity contribution in [1.82, 2.24) is 0 Å². The smallest absolute Gasteiger partial charge is 0.262 e. The maximum absolute atomic E-state index is 12.0. The summed E-state index contributed by atoms with van der Waals surface area (Å²) < 4.78 is 16.5. The van der Waals surface area contributed by atoms with Gasteiger partial charge in [0, 0.05) is 11.8 Å². The third-order valence-electron chi connectivity index (χ3n) is 3.54. The van der Waals surface area contributed by atoms with Crippen LogP contribution in [0, 0.1) is 13.8 Å². The highest BCUT2D eigenvalue weighted by Gasteiger charge is 2.13. The van der Waals surface area contributed by atoms with Crippen molar-refractivity contribution in [2.24, 2.45) is 0 Å². The van der Waals surface area contributed by atoms with E-state index in [4.69, 9.17) is 14.2 Å². The van der Waals surface area contributed by atoms with E-state index < -0.39 is 0 Å². The molecule has 0 fully saturated rings. The number of anilines is 1. The molecule has 3 rings (SSSR count). The van der Waals surface area contributed by atoms with Crippen LogP contribution in [-0.2, 0) is 4.79 Å². The number of carbonyl (C=O) groups excluding carboxylic acids is 1. The zero-order chi connectivity index (χ0) is 16.2. The van der Waals surface area contributed by atoms with Crippen molar-refractivity contribution in [2.75, 3.05) is 25.1 Å². The lowest BCUT2D eigenvalue weighted by molar-refractivity contribution is -0.118. The molecule has 0 radical (unpaired) electrons. The van der Waals surface area contributed by atoms with Crippen molar-refractivity contribution in [3.63, 3.8) is 0 Å². The first kappa shape index (κ1) is 15.2. The summed E-state index contributed by atoms with van der Waals surface area (Å²) in [6, 6.07) is 11.2. The topological polar surface area (TPSA) is 56.8 Å². The molecule has 5 heteroatoms. The number of rotatable bonds is 4. The van der Waals surface area contributed by atoms with Gasteiger partial charge in [-0.3, -0.25) is 4.79 Å². The van der Waals surface area contributed by atoms with Crippen molar-refractivity contribution < 1.29 is 19.0 Å². The summed E-state index contributed by atoms with van der Waals surface area (Å²) in [4.78, 5) is 12.0. The Morgan fingerprint density at radius 1 is 1.09 bits per heavy atom. The summed E-state index contributed by atoms with van der Waals surface area (Å²) in [5.41, 5.74) is 2.98. The van der Waals surface area contributed by atoms with E-state index in [0.717, 1.165) is 16.8 Å². The average Bonchev–Trinajstić information content (AvgIpc) is 2.55. The number of aryl methyl sites for hydroxylation is 2. The highest BCUT2D eigenvalue weighted by Crippen LogP contribution is 2.33. The SMILES string of the molecule is Cc1ccc(NC(=O)COc2ccc3c(c2)OCCO3)c(C)c1. The van der Waals surface area contributed by atoms with Crippen LogP contribution in [-0.4, -0.2) is 25.7 Å². The van der Waals surface area contributed by atoms with Gasteiger partial charge in [-0.15, -0.1) is 0 Å². The molecular formula is C18H19NO4. The molecule has 1 aliphatic heterocycles. The molecule has 1 aliphatic rings. The molecular weight excluding hydrogens is 294 g/mol. The summed E-state index contributed by atoms with van der Waals surface area (Å²) in [7, 11) is 0. The Balaban J connectivity index is 1.58. The van der Waals surface area contributed by atoms with Crippen LogP contribution in [0.4, 0.5) is 5.69 Å². The Hall–Kier alpha value is -2.69. The highest BCUT2D eigenvalue weighted by atomic mass is 16.6. The number of carbonyl (C=O) groups is 1. The number of hydrogen-bond acceptors (Lipinski definition) is 4. The Kier molecular flexibility index (Phi) is 4.37. The third-order valence-corrected chi connectivity index (χ3v) is 3.54. The standard InChI is InChI=1S/C18H19NO4/c1-12-3-5-15(13(2)9-12)19-18(20)11-23-14-4-6-16-17(10-14)22-8-7-21-16/h3-6,9-10H,7-8,11H2,1-2H3,(H,19,20). The molecule has 120 valence electrons. The summed E-state index contributed by atoms with van der Waals surface area (Å²) in [5, 5.41) is 2.85. The quantitative estimate of drug-likeness (QED) is 0.942. The van der Waals surface area contributed by atoms with Gasteiger partial charge in [0.1, 0.15) is 19.0 Å². The predicted molar refractivity (Wildman–Crippen MR) is 87.5 cm³/mol. The Morgan fingerprint density at radius 2 is 1.87 bits per heavy atom. The normalized spacial score (nSPS) is 12.6. The van der Waals surface area contributed by atoms with E-state index >= 15 is 0 Å². The van der Waals surface area contributed by atoms with Crippen LogP contribution >= 0.6 is 0 Å². The predicted octanol–water partition coefficient (Wildman–Crippen LogP) is 3.09. The minimum atomic E-state index is -0.202. The highest BCUT2D eigenvalue weighted by molar-refractivity contribution is 5.92. The second-order valence-electron chi connectivity index (χ2n) is 5.46. The van der Waals surface area contributed by atoms with E-state index in [1.807, 2.05) is 32.0 Å². The molecule has 23 heavy (non-hydrogen) atoms. The minimum absolute atomic E-state index is 0.0625. The Morgan fingerprint density at radius 3 is 2.65 bits per heavy atom. The summed E-state index contributed by atoms with van der Waals surface area (Å²) in [6.07, 6.45) is 0. The molecule has 0 aliphatic carbocycles. The van der Waals surface area contributed by atoms with Crippen LogP contribution < -0.4 is 19.5 Å².